The Kier molecular flexibility index (Phi) is 3.81. The zero-order valence-electron chi connectivity index (χ0n) is 10.5. The van der Waals surface area contributed by atoms with Crippen LogP contribution >= 0.6 is 11.3 Å². The summed E-state index contributed by atoms with van der Waals surface area (Å²) < 4.78 is 0. The molecule has 0 spiro atoms. The van der Waals surface area contributed by atoms with Crippen LogP contribution in [0.5, 0.6) is 0 Å². The number of benzene rings is 1. The van der Waals surface area contributed by atoms with Gasteiger partial charge in [0.15, 0.2) is 0 Å². The predicted octanol–water partition coefficient (Wildman–Crippen LogP) is 3.02. The first kappa shape index (κ1) is 12.3. The molecule has 96 valence electrons. The second-order valence-electron chi connectivity index (χ2n) is 4.34. The molecule has 0 aliphatic heterocycles. The third kappa shape index (κ3) is 2.97. The number of hydrogen-bond acceptors (Lipinski definition) is 4. The quantitative estimate of drug-likeness (QED) is 0.723. The van der Waals surface area contributed by atoms with Crippen LogP contribution in [-0.2, 0) is 13.0 Å². The van der Waals surface area contributed by atoms with Crippen molar-refractivity contribution in [3.8, 4) is 0 Å². The Morgan fingerprint density at radius 1 is 1.05 bits per heavy atom. The van der Waals surface area contributed by atoms with Crippen molar-refractivity contribution in [2.75, 3.05) is 6.54 Å². The molecule has 0 radical (unpaired) electrons. The fourth-order valence-corrected chi connectivity index (χ4v) is 2.71. The lowest BCUT2D eigenvalue weighted by Gasteiger charge is -2.06. The second kappa shape index (κ2) is 5.91. The van der Waals surface area contributed by atoms with Gasteiger partial charge in [0.25, 0.3) is 0 Å². The van der Waals surface area contributed by atoms with Crippen LogP contribution in [0.1, 0.15) is 10.6 Å². The van der Waals surface area contributed by atoms with E-state index in [1.807, 2.05) is 23.8 Å². The van der Waals surface area contributed by atoms with Gasteiger partial charge < -0.3 is 5.32 Å². The second-order valence-corrected chi connectivity index (χ2v) is 5.32. The minimum Gasteiger partial charge on any atom is -0.310 e. The number of para-hydroxylation sites is 1. The lowest BCUT2D eigenvalue weighted by atomic mass is 10.1. The van der Waals surface area contributed by atoms with Gasteiger partial charge in [-0.2, -0.15) is 0 Å². The summed E-state index contributed by atoms with van der Waals surface area (Å²) in [6, 6.07) is 10.4. The van der Waals surface area contributed by atoms with Crippen LogP contribution in [0.15, 0.2) is 48.1 Å². The number of nitrogens with one attached hydrogen (secondary N) is 1. The maximum atomic E-state index is 4.47. The summed E-state index contributed by atoms with van der Waals surface area (Å²) in [7, 11) is 0. The number of aromatic nitrogens is 2. The minimum absolute atomic E-state index is 0.843. The third-order valence-corrected chi connectivity index (χ3v) is 3.83. The SMILES string of the molecule is c1cnc2c(CCNCc3nccs3)cccc2c1. The number of fused-ring (bicyclic) bond motifs is 1. The molecule has 0 bridgehead atoms. The topological polar surface area (TPSA) is 37.8 Å². The molecule has 2 heterocycles. The smallest absolute Gasteiger partial charge is 0.106 e. The summed E-state index contributed by atoms with van der Waals surface area (Å²) in [6.07, 6.45) is 4.69. The van der Waals surface area contributed by atoms with Crippen LogP contribution in [-0.4, -0.2) is 16.5 Å². The van der Waals surface area contributed by atoms with Crippen molar-refractivity contribution in [2.45, 2.75) is 13.0 Å². The Morgan fingerprint density at radius 3 is 2.89 bits per heavy atom. The highest BCUT2D eigenvalue weighted by molar-refractivity contribution is 7.09. The van der Waals surface area contributed by atoms with E-state index < -0.39 is 0 Å². The lowest BCUT2D eigenvalue weighted by molar-refractivity contribution is 0.685. The van der Waals surface area contributed by atoms with E-state index >= 15 is 0 Å². The van der Waals surface area contributed by atoms with E-state index in [2.05, 4.69) is 39.6 Å². The molecule has 0 fully saturated rings. The Hall–Kier alpha value is -1.78. The Balaban J connectivity index is 1.62. The van der Waals surface area contributed by atoms with E-state index in [-0.39, 0.29) is 0 Å². The average molecular weight is 269 g/mol. The molecule has 3 aromatic rings. The molecule has 1 N–H and O–H groups in total. The summed E-state index contributed by atoms with van der Waals surface area (Å²) in [5.41, 5.74) is 2.41. The van der Waals surface area contributed by atoms with Gasteiger partial charge >= 0.3 is 0 Å². The lowest BCUT2D eigenvalue weighted by Crippen LogP contribution is -2.16. The zero-order chi connectivity index (χ0) is 12.9. The Bertz CT molecular complexity index is 644. The van der Waals surface area contributed by atoms with Gasteiger partial charge in [0.1, 0.15) is 5.01 Å². The van der Waals surface area contributed by atoms with Crippen molar-refractivity contribution in [1.29, 1.82) is 0 Å². The van der Waals surface area contributed by atoms with E-state index in [0.717, 1.165) is 30.0 Å². The Morgan fingerprint density at radius 2 is 2.00 bits per heavy atom. The van der Waals surface area contributed by atoms with Gasteiger partial charge in [-0.05, 0) is 24.6 Å². The molecular weight excluding hydrogens is 254 g/mol. The van der Waals surface area contributed by atoms with E-state index in [0.29, 0.717) is 0 Å². The van der Waals surface area contributed by atoms with Crippen LogP contribution in [0.2, 0.25) is 0 Å². The highest BCUT2D eigenvalue weighted by atomic mass is 32.1. The largest absolute Gasteiger partial charge is 0.310 e. The van der Waals surface area contributed by atoms with Gasteiger partial charge in [0.2, 0.25) is 0 Å². The van der Waals surface area contributed by atoms with Crippen molar-refractivity contribution < 1.29 is 0 Å². The van der Waals surface area contributed by atoms with Crippen molar-refractivity contribution >= 4 is 22.2 Å². The van der Waals surface area contributed by atoms with E-state index in [1.54, 1.807) is 11.3 Å². The van der Waals surface area contributed by atoms with Crippen molar-refractivity contribution in [1.82, 2.24) is 15.3 Å². The first-order valence-corrected chi connectivity index (χ1v) is 7.23. The molecule has 3 rings (SSSR count). The maximum absolute atomic E-state index is 4.47. The summed E-state index contributed by atoms with van der Waals surface area (Å²) in [6.45, 7) is 1.78. The molecule has 2 aromatic heterocycles. The molecule has 0 amide bonds. The molecule has 0 atom stereocenters. The highest BCUT2D eigenvalue weighted by Crippen LogP contribution is 2.16. The normalized spacial score (nSPS) is 10.9. The number of hydrogen-bond donors (Lipinski definition) is 1. The monoisotopic (exact) mass is 269 g/mol. The summed E-state index contributed by atoms with van der Waals surface area (Å²) in [4.78, 5) is 8.73. The fourth-order valence-electron chi connectivity index (χ4n) is 2.13. The number of pyridine rings is 1. The summed E-state index contributed by atoms with van der Waals surface area (Å²) in [5, 5.41) is 7.77. The molecule has 4 heteroatoms. The van der Waals surface area contributed by atoms with Crippen molar-refractivity contribution in [2.24, 2.45) is 0 Å². The van der Waals surface area contributed by atoms with Gasteiger partial charge in [-0.15, -0.1) is 11.3 Å². The minimum atomic E-state index is 0.843. The molecule has 1 aromatic carbocycles. The average Bonchev–Trinajstić information content (AvgIpc) is 2.97. The molecule has 0 aliphatic rings. The first-order valence-electron chi connectivity index (χ1n) is 6.35. The van der Waals surface area contributed by atoms with Crippen LogP contribution in [0.3, 0.4) is 0 Å². The van der Waals surface area contributed by atoms with Gasteiger partial charge in [-0.3, -0.25) is 4.98 Å². The number of rotatable bonds is 5. The first-order chi connectivity index (χ1) is 9.43. The molecule has 0 saturated heterocycles. The molecule has 0 aliphatic carbocycles. The number of nitrogens with zero attached hydrogens (tertiary/aromatic N) is 2. The van der Waals surface area contributed by atoms with Crippen molar-refractivity contribution in [3.63, 3.8) is 0 Å². The molecule has 0 saturated carbocycles. The molecule has 3 nitrogen and oxygen atoms in total. The van der Waals surface area contributed by atoms with E-state index in [1.165, 1.54) is 10.9 Å². The molecule has 19 heavy (non-hydrogen) atoms. The van der Waals surface area contributed by atoms with Crippen LogP contribution in [0.4, 0.5) is 0 Å². The van der Waals surface area contributed by atoms with Crippen molar-refractivity contribution in [3.05, 3.63) is 58.7 Å². The molecule has 0 unspecified atom stereocenters. The molecular formula is C15H15N3S. The Labute approximate surface area is 116 Å². The predicted molar refractivity (Wildman–Crippen MR) is 79.3 cm³/mol. The van der Waals surface area contributed by atoms with Gasteiger partial charge in [-0.1, -0.05) is 24.3 Å². The number of thiazole rings is 1. The van der Waals surface area contributed by atoms with Crippen LogP contribution in [0, 0.1) is 0 Å². The van der Waals surface area contributed by atoms with Crippen LogP contribution < -0.4 is 5.32 Å². The van der Waals surface area contributed by atoms with E-state index in [4.69, 9.17) is 0 Å². The van der Waals surface area contributed by atoms with Gasteiger partial charge in [-0.25, -0.2) is 4.98 Å². The van der Waals surface area contributed by atoms with Gasteiger partial charge in [0, 0.05) is 29.7 Å². The van der Waals surface area contributed by atoms with Crippen LogP contribution in [0.25, 0.3) is 10.9 Å². The fraction of sp³-hybridized carbons (Fsp3) is 0.200. The third-order valence-electron chi connectivity index (χ3n) is 3.05. The maximum Gasteiger partial charge on any atom is 0.106 e. The summed E-state index contributed by atoms with van der Waals surface area (Å²) >= 11 is 1.69. The zero-order valence-corrected chi connectivity index (χ0v) is 11.4. The standard InChI is InChI=1S/C15H15N3S/c1-3-12-5-2-7-18-15(12)13(4-1)6-8-16-11-14-17-9-10-19-14/h1-5,7,9-10,16H,6,8,11H2. The van der Waals surface area contributed by atoms with E-state index in [9.17, 15) is 0 Å². The highest BCUT2D eigenvalue weighted by Gasteiger charge is 2.01. The van der Waals surface area contributed by atoms with Gasteiger partial charge in [0.05, 0.1) is 5.52 Å². The summed E-state index contributed by atoms with van der Waals surface area (Å²) in [5.74, 6) is 0.